The van der Waals surface area contributed by atoms with Crippen molar-refractivity contribution in [3.05, 3.63) is 52.5 Å². The third-order valence-electron chi connectivity index (χ3n) is 4.16. The third kappa shape index (κ3) is 3.60. The number of rotatable bonds is 4. The van der Waals surface area contributed by atoms with Crippen molar-refractivity contribution in [3.8, 4) is 10.6 Å². The summed E-state index contributed by atoms with van der Waals surface area (Å²) < 4.78 is 5.41. The first-order valence-corrected chi connectivity index (χ1v) is 9.49. The number of benzene rings is 1. The maximum absolute atomic E-state index is 12.7. The van der Waals surface area contributed by atoms with Crippen molar-refractivity contribution < 1.29 is 9.53 Å². The Hall–Kier alpha value is -2.35. The smallest absolute Gasteiger partial charge is 0.276 e. The molecule has 3 aromatic rings. The Balaban J connectivity index is 1.56. The first-order valence-electron chi connectivity index (χ1n) is 8.23. The number of hydrogen-bond donors (Lipinski definition) is 2. The van der Waals surface area contributed by atoms with Crippen LogP contribution in [0.2, 0.25) is 5.02 Å². The SMILES string of the molecule is O=C(Nc1cc(Cl)ccc1N1CCOCC1)c1cc(-c2cccs2)[nH]n1. The fourth-order valence-electron chi connectivity index (χ4n) is 2.87. The molecule has 1 fully saturated rings. The maximum atomic E-state index is 12.7. The molecule has 0 saturated carbocycles. The van der Waals surface area contributed by atoms with Crippen LogP contribution in [0.15, 0.2) is 41.8 Å². The van der Waals surface area contributed by atoms with Crippen LogP contribution in [0.1, 0.15) is 10.5 Å². The van der Waals surface area contributed by atoms with Crippen LogP contribution in [0.5, 0.6) is 0 Å². The second-order valence-electron chi connectivity index (χ2n) is 5.86. The van der Waals surface area contributed by atoms with Crippen LogP contribution in [-0.4, -0.2) is 42.4 Å². The van der Waals surface area contributed by atoms with Gasteiger partial charge in [0.1, 0.15) is 0 Å². The van der Waals surface area contributed by atoms with Crippen LogP contribution in [0.25, 0.3) is 10.6 Å². The molecule has 1 saturated heterocycles. The molecule has 0 bridgehead atoms. The van der Waals surface area contributed by atoms with Gasteiger partial charge in [0, 0.05) is 18.1 Å². The van der Waals surface area contributed by atoms with Crippen molar-refractivity contribution in [2.24, 2.45) is 0 Å². The van der Waals surface area contributed by atoms with Gasteiger partial charge in [-0.15, -0.1) is 11.3 Å². The van der Waals surface area contributed by atoms with Gasteiger partial charge in [0.05, 0.1) is 35.2 Å². The van der Waals surface area contributed by atoms with Crippen LogP contribution in [-0.2, 0) is 4.74 Å². The van der Waals surface area contributed by atoms with E-state index >= 15 is 0 Å². The van der Waals surface area contributed by atoms with E-state index in [1.54, 1.807) is 23.5 Å². The van der Waals surface area contributed by atoms with Crippen LogP contribution >= 0.6 is 22.9 Å². The number of ether oxygens (including phenoxy) is 1. The van der Waals surface area contributed by atoms with Crippen molar-refractivity contribution >= 4 is 40.2 Å². The summed E-state index contributed by atoms with van der Waals surface area (Å²) in [6, 6.07) is 11.2. The van der Waals surface area contributed by atoms with Crippen LogP contribution < -0.4 is 10.2 Å². The highest BCUT2D eigenvalue weighted by molar-refractivity contribution is 7.13. The van der Waals surface area contributed by atoms with Crippen molar-refractivity contribution in [2.45, 2.75) is 0 Å². The lowest BCUT2D eigenvalue weighted by Crippen LogP contribution is -2.36. The van der Waals surface area contributed by atoms with Gasteiger partial charge in [-0.3, -0.25) is 9.89 Å². The fourth-order valence-corrected chi connectivity index (χ4v) is 3.74. The van der Waals surface area contributed by atoms with Crippen molar-refractivity contribution in [2.75, 3.05) is 36.5 Å². The average Bonchev–Trinajstić information content (AvgIpc) is 3.34. The lowest BCUT2D eigenvalue weighted by atomic mass is 10.2. The highest BCUT2D eigenvalue weighted by Gasteiger charge is 2.18. The highest BCUT2D eigenvalue weighted by atomic mass is 35.5. The van der Waals surface area contributed by atoms with Crippen molar-refractivity contribution in [3.63, 3.8) is 0 Å². The Labute approximate surface area is 159 Å². The van der Waals surface area contributed by atoms with Gasteiger partial charge in [-0.2, -0.15) is 5.10 Å². The Kier molecular flexibility index (Phi) is 4.92. The van der Waals surface area contributed by atoms with E-state index in [1.165, 1.54) is 0 Å². The Morgan fingerprint density at radius 3 is 2.88 bits per heavy atom. The summed E-state index contributed by atoms with van der Waals surface area (Å²) in [6.45, 7) is 2.88. The summed E-state index contributed by atoms with van der Waals surface area (Å²) in [6.07, 6.45) is 0. The van der Waals surface area contributed by atoms with E-state index in [4.69, 9.17) is 16.3 Å². The average molecular weight is 389 g/mol. The predicted molar refractivity (Wildman–Crippen MR) is 104 cm³/mol. The molecule has 6 nitrogen and oxygen atoms in total. The number of carbonyl (C=O) groups excluding carboxylic acids is 1. The normalized spacial score (nSPS) is 14.4. The van der Waals surface area contributed by atoms with E-state index in [-0.39, 0.29) is 5.91 Å². The molecule has 0 unspecified atom stereocenters. The van der Waals surface area contributed by atoms with Gasteiger partial charge < -0.3 is 15.0 Å². The predicted octanol–water partition coefficient (Wildman–Crippen LogP) is 3.88. The number of aromatic nitrogens is 2. The largest absolute Gasteiger partial charge is 0.378 e. The van der Waals surface area contributed by atoms with Crippen LogP contribution in [0.4, 0.5) is 11.4 Å². The topological polar surface area (TPSA) is 70.2 Å². The number of amides is 1. The molecule has 8 heteroatoms. The molecule has 0 aliphatic carbocycles. The second-order valence-corrected chi connectivity index (χ2v) is 7.24. The molecule has 4 rings (SSSR count). The minimum Gasteiger partial charge on any atom is -0.378 e. The van der Waals surface area contributed by atoms with E-state index in [2.05, 4.69) is 20.4 Å². The summed E-state index contributed by atoms with van der Waals surface area (Å²) in [4.78, 5) is 15.9. The molecule has 134 valence electrons. The quantitative estimate of drug-likeness (QED) is 0.711. The van der Waals surface area contributed by atoms with Gasteiger partial charge in [-0.1, -0.05) is 17.7 Å². The zero-order valence-electron chi connectivity index (χ0n) is 13.9. The highest BCUT2D eigenvalue weighted by Crippen LogP contribution is 2.30. The number of aromatic amines is 1. The number of morpholine rings is 1. The van der Waals surface area contributed by atoms with E-state index < -0.39 is 0 Å². The number of nitrogens with zero attached hydrogens (tertiary/aromatic N) is 2. The molecule has 2 aromatic heterocycles. The number of nitrogens with one attached hydrogen (secondary N) is 2. The van der Waals surface area contributed by atoms with Gasteiger partial charge >= 0.3 is 0 Å². The fraction of sp³-hybridized carbons (Fsp3) is 0.222. The molecule has 1 amide bonds. The maximum Gasteiger partial charge on any atom is 0.276 e. The summed E-state index contributed by atoms with van der Waals surface area (Å²) in [5.74, 6) is -0.277. The number of halogens is 1. The Morgan fingerprint density at radius 2 is 2.12 bits per heavy atom. The lowest BCUT2D eigenvalue weighted by molar-refractivity contribution is 0.102. The molecular formula is C18H17ClN4O2S. The molecule has 0 radical (unpaired) electrons. The molecular weight excluding hydrogens is 372 g/mol. The summed E-state index contributed by atoms with van der Waals surface area (Å²) >= 11 is 7.73. The molecule has 2 N–H and O–H groups in total. The summed E-state index contributed by atoms with van der Waals surface area (Å²) in [5.41, 5.74) is 2.76. The second kappa shape index (κ2) is 7.49. The molecule has 1 aliphatic heterocycles. The zero-order chi connectivity index (χ0) is 17.9. The number of hydrogen-bond acceptors (Lipinski definition) is 5. The van der Waals surface area contributed by atoms with Gasteiger partial charge in [-0.05, 0) is 35.7 Å². The number of anilines is 2. The molecule has 1 aliphatic rings. The standard InChI is InChI=1S/C18H17ClN4O2S/c19-12-3-4-16(23-5-7-25-8-6-23)13(10-12)20-18(24)15-11-14(21-22-15)17-2-1-9-26-17/h1-4,9-11H,5-8H2,(H,20,24)(H,21,22). The summed E-state index contributed by atoms with van der Waals surface area (Å²) in [5, 5.41) is 12.5. The number of thiophene rings is 1. The molecule has 3 heterocycles. The molecule has 1 aromatic carbocycles. The van der Waals surface area contributed by atoms with E-state index in [0.29, 0.717) is 29.6 Å². The van der Waals surface area contributed by atoms with E-state index in [1.807, 2.05) is 29.6 Å². The van der Waals surface area contributed by atoms with E-state index in [0.717, 1.165) is 29.3 Å². The van der Waals surface area contributed by atoms with Gasteiger partial charge in [0.25, 0.3) is 5.91 Å². The third-order valence-corrected chi connectivity index (χ3v) is 5.29. The van der Waals surface area contributed by atoms with Crippen LogP contribution in [0.3, 0.4) is 0 Å². The van der Waals surface area contributed by atoms with Crippen molar-refractivity contribution in [1.29, 1.82) is 0 Å². The lowest BCUT2D eigenvalue weighted by Gasteiger charge is -2.30. The van der Waals surface area contributed by atoms with Crippen LogP contribution in [0, 0.1) is 0 Å². The number of carbonyl (C=O) groups is 1. The van der Waals surface area contributed by atoms with Crippen molar-refractivity contribution in [1.82, 2.24) is 10.2 Å². The first kappa shape index (κ1) is 17.1. The minimum absolute atomic E-state index is 0.277. The minimum atomic E-state index is -0.277. The van der Waals surface area contributed by atoms with E-state index in [9.17, 15) is 4.79 Å². The zero-order valence-corrected chi connectivity index (χ0v) is 15.4. The van der Waals surface area contributed by atoms with Gasteiger partial charge in [0.15, 0.2) is 5.69 Å². The van der Waals surface area contributed by atoms with Gasteiger partial charge in [-0.25, -0.2) is 0 Å². The Bertz CT molecular complexity index is 904. The summed E-state index contributed by atoms with van der Waals surface area (Å²) in [7, 11) is 0. The Morgan fingerprint density at radius 1 is 1.27 bits per heavy atom. The molecule has 26 heavy (non-hydrogen) atoms. The number of H-pyrrole nitrogens is 1. The first-order chi connectivity index (χ1) is 12.7. The molecule has 0 atom stereocenters. The monoisotopic (exact) mass is 388 g/mol. The molecule has 0 spiro atoms. The van der Waals surface area contributed by atoms with Gasteiger partial charge in [0.2, 0.25) is 0 Å².